The summed E-state index contributed by atoms with van der Waals surface area (Å²) in [4.78, 5) is 8.47. The molecule has 0 spiro atoms. The molecule has 5 nitrogen and oxygen atoms in total. The Hall–Kier alpha value is -2.47. The summed E-state index contributed by atoms with van der Waals surface area (Å²) >= 11 is 3.43. The lowest BCUT2D eigenvalue weighted by molar-refractivity contribution is 0.468. The normalized spacial score (nSPS) is 11.2. The summed E-state index contributed by atoms with van der Waals surface area (Å²) in [6.07, 6.45) is 1.48. The van der Waals surface area contributed by atoms with E-state index in [-0.39, 0.29) is 0 Å². The summed E-state index contributed by atoms with van der Waals surface area (Å²) in [7, 11) is 1.83. The standard InChI is InChI=1S/C16H11BrN4O/c1-21-15-13(14(17)20-21)16(19-9-18-15)22-12-7-6-10-4-2-3-5-11(10)8-12/h2-9H,1H3. The third-order valence-corrected chi connectivity index (χ3v) is 4.03. The summed E-state index contributed by atoms with van der Waals surface area (Å²) in [6.45, 7) is 0. The SMILES string of the molecule is Cn1nc(Br)c2c(Oc3ccc4ccccc4c3)ncnc21. The van der Waals surface area contributed by atoms with E-state index >= 15 is 0 Å². The predicted molar refractivity (Wildman–Crippen MR) is 88.0 cm³/mol. The van der Waals surface area contributed by atoms with E-state index < -0.39 is 0 Å². The van der Waals surface area contributed by atoms with Crippen LogP contribution >= 0.6 is 15.9 Å². The fourth-order valence-electron chi connectivity index (χ4n) is 2.44. The van der Waals surface area contributed by atoms with Crippen molar-refractivity contribution in [1.29, 1.82) is 0 Å². The van der Waals surface area contributed by atoms with E-state index in [1.165, 1.54) is 11.7 Å². The van der Waals surface area contributed by atoms with Crippen LogP contribution in [0.5, 0.6) is 11.6 Å². The number of aryl methyl sites for hydroxylation is 1. The highest BCUT2D eigenvalue weighted by Crippen LogP contribution is 2.32. The zero-order valence-corrected chi connectivity index (χ0v) is 13.3. The summed E-state index contributed by atoms with van der Waals surface area (Å²) in [5, 5.41) is 7.35. The Morgan fingerprint density at radius 1 is 1.05 bits per heavy atom. The Morgan fingerprint density at radius 2 is 1.86 bits per heavy atom. The molecule has 4 aromatic rings. The largest absolute Gasteiger partial charge is 0.438 e. The Kier molecular flexibility index (Phi) is 3.04. The molecule has 0 saturated heterocycles. The van der Waals surface area contributed by atoms with Gasteiger partial charge in [0.25, 0.3) is 0 Å². The van der Waals surface area contributed by atoms with E-state index in [0.29, 0.717) is 10.5 Å². The molecule has 6 heteroatoms. The van der Waals surface area contributed by atoms with Gasteiger partial charge >= 0.3 is 0 Å². The van der Waals surface area contributed by atoms with Crippen LogP contribution in [0.25, 0.3) is 21.8 Å². The van der Waals surface area contributed by atoms with Gasteiger partial charge in [0.15, 0.2) is 5.65 Å². The van der Waals surface area contributed by atoms with Crippen molar-refractivity contribution in [2.24, 2.45) is 7.05 Å². The average molecular weight is 355 g/mol. The zero-order valence-electron chi connectivity index (χ0n) is 11.7. The zero-order chi connectivity index (χ0) is 15.1. The molecule has 0 atom stereocenters. The molecule has 0 aliphatic rings. The van der Waals surface area contributed by atoms with Gasteiger partial charge in [0.05, 0.1) is 0 Å². The van der Waals surface area contributed by atoms with E-state index in [1.54, 1.807) is 4.68 Å². The highest BCUT2D eigenvalue weighted by molar-refractivity contribution is 9.10. The molecule has 0 saturated carbocycles. The molecule has 0 N–H and O–H groups in total. The third-order valence-electron chi connectivity index (χ3n) is 3.48. The molecular weight excluding hydrogens is 344 g/mol. The molecule has 2 aromatic carbocycles. The van der Waals surface area contributed by atoms with Gasteiger partial charge in [0.1, 0.15) is 22.1 Å². The van der Waals surface area contributed by atoms with Crippen LogP contribution in [0.15, 0.2) is 53.4 Å². The predicted octanol–water partition coefficient (Wildman–Crippen LogP) is 4.07. The van der Waals surface area contributed by atoms with E-state index in [4.69, 9.17) is 4.74 Å². The van der Waals surface area contributed by atoms with Gasteiger partial charge < -0.3 is 4.74 Å². The topological polar surface area (TPSA) is 52.8 Å². The van der Waals surface area contributed by atoms with Crippen molar-refractivity contribution in [3.63, 3.8) is 0 Å². The minimum absolute atomic E-state index is 0.486. The Labute approximate surface area is 134 Å². The molecule has 0 radical (unpaired) electrons. The number of hydrogen-bond donors (Lipinski definition) is 0. The van der Waals surface area contributed by atoms with Crippen molar-refractivity contribution >= 4 is 37.7 Å². The summed E-state index contributed by atoms with van der Waals surface area (Å²) < 4.78 is 8.32. The minimum atomic E-state index is 0.486. The fraction of sp³-hybridized carbons (Fsp3) is 0.0625. The molecule has 0 amide bonds. The van der Waals surface area contributed by atoms with Gasteiger partial charge in [-0.15, -0.1) is 0 Å². The Morgan fingerprint density at radius 3 is 2.73 bits per heavy atom. The molecular formula is C16H11BrN4O. The molecule has 108 valence electrons. The van der Waals surface area contributed by atoms with Gasteiger partial charge in [0, 0.05) is 7.05 Å². The summed E-state index contributed by atoms with van der Waals surface area (Å²) in [5.74, 6) is 1.22. The second kappa shape index (κ2) is 5.06. The van der Waals surface area contributed by atoms with Gasteiger partial charge in [-0.2, -0.15) is 5.10 Å². The lowest BCUT2D eigenvalue weighted by Crippen LogP contribution is -1.94. The fourth-order valence-corrected chi connectivity index (χ4v) is 3.02. The smallest absolute Gasteiger partial charge is 0.234 e. The number of aromatic nitrogens is 4. The molecule has 0 bridgehead atoms. The molecule has 2 heterocycles. The van der Waals surface area contributed by atoms with Crippen molar-refractivity contribution in [2.45, 2.75) is 0 Å². The van der Waals surface area contributed by atoms with Crippen molar-refractivity contribution < 1.29 is 4.74 Å². The first-order chi connectivity index (χ1) is 10.7. The number of benzene rings is 2. The van der Waals surface area contributed by atoms with Crippen LogP contribution in [0.2, 0.25) is 0 Å². The van der Waals surface area contributed by atoms with Crippen molar-refractivity contribution in [3.05, 3.63) is 53.4 Å². The van der Waals surface area contributed by atoms with Gasteiger partial charge in [0.2, 0.25) is 5.88 Å². The first-order valence-corrected chi connectivity index (χ1v) is 7.51. The number of rotatable bonds is 2. The van der Waals surface area contributed by atoms with Crippen LogP contribution < -0.4 is 4.74 Å². The second-order valence-corrected chi connectivity index (χ2v) is 5.65. The first-order valence-electron chi connectivity index (χ1n) is 6.72. The number of nitrogens with zero attached hydrogens (tertiary/aromatic N) is 4. The van der Waals surface area contributed by atoms with Crippen LogP contribution in [0.3, 0.4) is 0 Å². The number of hydrogen-bond acceptors (Lipinski definition) is 4. The van der Waals surface area contributed by atoms with E-state index in [1.807, 2.05) is 37.4 Å². The average Bonchev–Trinajstić information content (AvgIpc) is 2.83. The summed E-state index contributed by atoms with van der Waals surface area (Å²) in [5.41, 5.74) is 0.720. The first kappa shape index (κ1) is 13.2. The number of halogens is 1. The Bertz CT molecular complexity index is 996. The van der Waals surface area contributed by atoms with E-state index in [0.717, 1.165) is 22.2 Å². The van der Waals surface area contributed by atoms with E-state index in [2.05, 4.69) is 43.1 Å². The molecule has 22 heavy (non-hydrogen) atoms. The van der Waals surface area contributed by atoms with Crippen molar-refractivity contribution in [3.8, 4) is 11.6 Å². The van der Waals surface area contributed by atoms with Gasteiger partial charge in [-0.05, 0) is 38.8 Å². The molecule has 0 fully saturated rings. The highest BCUT2D eigenvalue weighted by Gasteiger charge is 2.15. The maximum absolute atomic E-state index is 5.96. The lowest BCUT2D eigenvalue weighted by Gasteiger charge is -2.07. The van der Waals surface area contributed by atoms with E-state index in [9.17, 15) is 0 Å². The molecule has 0 unspecified atom stereocenters. The maximum Gasteiger partial charge on any atom is 0.234 e. The summed E-state index contributed by atoms with van der Waals surface area (Å²) in [6, 6.07) is 14.1. The van der Waals surface area contributed by atoms with Gasteiger partial charge in [-0.25, -0.2) is 14.6 Å². The highest BCUT2D eigenvalue weighted by atomic mass is 79.9. The quantitative estimate of drug-likeness (QED) is 0.544. The van der Waals surface area contributed by atoms with Crippen LogP contribution in [0, 0.1) is 0 Å². The molecule has 0 aliphatic heterocycles. The van der Waals surface area contributed by atoms with Crippen molar-refractivity contribution in [2.75, 3.05) is 0 Å². The number of ether oxygens (including phenoxy) is 1. The Balaban J connectivity index is 1.82. The van der Waals surface area contributed by atoms with Crippen molar-refractivity contribution in [1.82, 2.24) is 19.7 Å². The molecule has 0 aliphatic carbocycles. The van der Waals surface area contributed by atoms with Crippen LogP contribution in [0.4, 0.5) is 0 Å². The lowest BCUT2D eigenvalue weighted by atomic mass is 10.1. The molecule has 4 rings (SSSR count). The van der Waals surface area contributed by atoms with Crippen LogP contribution in [-0.2, 0) is 7.05 Å². The number of fused-ring (bicyclic) bond motifs is 2. The minimum Gasteiger partial charge on any atom is -0.438 e. The third kappa shape index (κ3) is 2.12. The van der Waals surface area contributed by atoms with Gasteiger partial charge in [-0.3, -0.25) is 0 Å². The van der Waals surface area contributed by atoms with Gasteiger partial charge in [-0.1, -0.05) is 30.3 Å². The second-order valence-electron chi connectivity index (χ2n) is 4.90. The van der Waals surface area contributed by atoms with Crippen LogP contribution in [-0.4, -0.2) is 19.7 Å². The van der Waals surface area contributed by atoms with Crippen LogP contribution in [0.1, 0.15) is 0 Å². The molecule has 2 aromatic heterocycles. The maximum atomic E-state index is 5.96. The monoisotopic (exact) mass is 354 g/mol.